The van der Waals surface area contributed by atoms with Crippen molar-refractivity contribution in [1.29, 1.82) is 0 Å². The van der Waals surface area contributed by atoms with Crippen molar-refractivity contribution in [3.8, 4) is 5.75 Å². The van der Waals surface area contributed by atoms with E-state index in [1.54, 1.807) is 14.0 Å². The van der Waals surface area contributed by atoms with E-state index < -0.39 is 0 Å². The van der Waals surface area contributed by atoms with E-state index in [1.807, 2.05) is 18.2 Å². The van der Waals surface area contributed by atoms with Gasteiger partial charge < -0.3 is 4.74 Å². The van der Waals surface area contributed by atoms with Crippen molar-refractivity contribution in [3.05, 3.63) is 29.8 Å². The fraction of sp³-hybridized carbons (Fsp3) is 0.533. The lowest BCUT2D eigenvalue weighted by molar-refractivity contribution is -0.118. The summed E-state index contributed by atoms with van der Waals surface area (Å²) in [5, 5.41) is 0. The molecule has 0 amide bonds. The number of ketones is 1. The maximum absolute atomic E-state index is 11.3. The number of methoxy groups -OCH3 is 1. The van der Waals surface area contributed by atoms with Crippen molar-refractivity contribution in [2.24, 2.45) is 0 Å². The molecule has 0 aliphatic carbocycles. The predicted molar refractivity (Wildman–Crippen MR) is 71.7 cm³/mol. The number of ether oxygens (including phenoxy) is 1. The topological polar surface area (TPSA) is 29.5 Å². The second-order valence-corrected chi connectivity index (χ2v) is 4.98. The molecule has 0 N–H and O–H groups in total. The van der Waals surface area contributed by atoms with Crippen molar-refractivity contribution in [1.82, 2.24) is 4.90 Å². The van der Waals surface area contributed by atoms with Crippen molar-refractivity contribution in [2.75, 3.05) is 13.7 Å². The van der Waals surface area contributed by atoms with E-state index in [9.17, 15) is 4.79 Å². The zero-order valence-corrected chi connectivity index (χ0v) is 11.2. The molecule has 2 rings (SSSR count). The van der Waals surface area contributed by atoms with Gasteiger partial charge in [0.15, 0.2) is 0 Å². The van der Waals surface area contributed by atoms with E-state index >= 15 is 0 Å². The van der Waals surface area contributed by atoms with Gasteiger partial charge in [0.2, 0.25) is 0 Å². The monoisotopic (exact) mass is 247 g/mol. The van der Waals surface area contributed by atoms with E-state index in [1.165, 1.54) is 12.0 Å². The summed E-state index contributed by atoms with van der Waals surface area (Å²) in [7, 11) is 1.70. The number of rotatable bonds is 5. The number of Topliss-reactive ketones (excluding diaryl/α,β-unsaturated/α-hetero) is 1. The minimum absolute atomic E-state index is 0.284. The third kappa shape index (κ3) is 3.10. The number of para-hydroxylation sites is 1. The molecular formula is C15H21NO2. The Morgan fingerprint density at radius 2 is 2.22 bits per heavy atom. The van der Waals surface area contributed by atoms with Crippen LogP contribution in [0.25, 0.3) is 0 Å². The van der Waals surface area contributed by atoms with Crippen LogP contribution in [0, 0.1) is 0 Å². The molecular weight excluding hydrogens is 226 g/mol. The first kappa shape index (κ1) is 13.1. The van der Waals surface area contributed by atoms with Gasteiger partial charge in [0.05, 0.1) is 7.11 Å². The van der Waals surface area contributed by atoms with Crippen LogP contribution in [0.2, 0.25) is 0 Å². The third-order valence-electron chi connectivity index (χ3n) is 3.59. The molecule has 0 bridgehead atoms. The Morgan fingerprint density at radius 1 is 1.44 bits per heavy atom. The lowest BCUT2D eigenvalue weighted by Gasteiger charge is -2.24. The van der Waals surface area contributed by atoms with Crippen molar-refractivity contribution < 1.29 is 9.53 Å². The van der Waals surface area contributed by atoms with Crippen LogP contribution in [0.4, 0.5) is 0 Å². The predicted octanol–water partition coefficient (Wildman–Crippen LogP) is 2.64. The summed E-state index contributed by atoms with van der Waals surface area (Å²) in [6.45, 7) is 3.64. The van der Waals surface area contributed by atoms with Gasteiger partial charge in [0.1, 0.15) is 11.5 Å². The SMILES string of the molecule is COc1ccccc1CN1CCCC1CC(C)=O. The van der Waals surface area contributed by atoms with Crippen LogP contribution < -0.4 is 4.74 Å². The molecule has 98 valence electrons. The minimum Gasteiger partial charge on any atom is -0.496 e. The molecule has 1 aromatic rings. The first-order chi connectivity index (χ1) is 8.70. The van der Waals surface area contributed by atoms with Gasteiger partial charge in [-0.3, -0.25) is 9.69 Å². The Bertz CT molecular complexity index is 417. The Kier molecular flexibility index (Phi) is 4.37. The molecule has 0 radical (unpaired) electrons. The van der Waals surface area contributed by atoms with Crippen LogP contribution in [0.15, 0.2) is 24.3 Å². The molecule has 1 aliphatic heterocycles. The number of nitrogens with zero attached hydrogens (tertiary/aromatic N) is 1. The fourth-order valence-corrected chi connectivity index (χ4v) is 2.72. The summed E-state index contributed by atoms with van der Waals surface area (Å²) in [5.74, 6) is 1.22. The molecule has 1 heterocycles. The molecule has 1 saturated heterocycles. The van der Waals surface area contributed by atoms with Crippen LogP contribution in [-0.2, 0) is 11.3 Å². The number of hydrogen-bond donors (Lipinski definition) is 0. The maximum atomic E-state index is 11.3. The Balaban J connectivity index is 2.05. The summed E-state index contributed by atoms with van der Waals surface area (Å²) < 4.78 is 5.38. The molecule has 3 heteroatoms. The van der Waals surface area contributed by atoms with Gasteiger partial charge in [-0.05, 0) is 32.4 Å². The molecule has 1 atom stereocenters. The highest BCUT2D eigenvalue weighted by atomic mass is 16.5. The Morgan fingerprint density at radius 3 is 2.94 bits per heavy atom. The van der Waals surface area contributed by atoms with Crippen molar-refractivity contribution in [3.63, 3.8) is 0 Å². The molecule has 0 aromatic heterocycles. The van der Waals surface area contributed by atoms with Gasteiger partial charge in [-0.2, -0.15) is 0 Å². The second kappa shape index (κ2) is 6.01. The zero-order valence-electron chi connectivity index (χ0n) is 11.2. The maximum Gasteiger partial charge on any atom is 0.131 e. The van der Waals surface area contributed by atoms with Gasteiger partial charge in [-0.25, -0.2) is 0 Å². The molecule has 18 heavy (non-hydrogen) atoms. The van der Waals surface area contributed by atoms with Gasteiger partial charge >= 0.3 is 0 Å². The van der Waals surface area contributed by atoms with Gasteiger partial charge in [0.25, 0.3) is 0 Å². The Labute approximate surface area is 109 Å². The molecule has 1 fully saturated rings. The third-order valence-corrected chi connectivity index (χ3v) is 3.59. The summed E-state index contributed by atoms with van der Waals surface area (Å²) in [5.41, 5.74) is 1.20. The van der Waals surface area contributed by atoms with Gasteiger partial charge in [-0.15, -0.1) is 0 Å². The smallest absolute Gasteiger partial charge is 0.131 e. The van der Waals surface area contributed by atoms with E-state index in [0.717, 1.165) is 25.3 Å². The number of benzene rings is 1. The van der Waals surface area contributed by atoms with E-state index in [0.29, 0.717) is 12.5 Å². The van der Waals surface area contributed by atoms with Gasteiger partial charge in [-0.1, -0.05) is 18.2 Å². The highest BCUT2D eigenvalue weighted by Crippen LogP contribution is 2.26. The normalized spacial score (nSPS) is 20.0. The summed E-state index contributed by atoms with van der Waals surface area (Å²) in [6, 6.07) is 8.52. The zero-order chi connectivity index (χ0) is 13.0. The van der Waals surface area contributed by atoms with Crippen LogP contribution in [-0.4, -0.2) is 30.4 Å². The molecule has 0 spiro atoms. The number of hydrogen-bond acceptors (Lipinski definition) is 3. The first-order valence-corrected chi connectivity index (χ1v) is 6.56. The van der Waals surface area contributed by atoms with E-state index in [-0.39, 0.29) is 5.78 Å². The largest absolute Gasteiger partial charge is 0.496 e. The standard InChI is InChI=1S/C15H21NO2/c1-12(17)10-14-7-5-9-16(14)11-13-6-3-4-8-15(13)18-2/h3-4,6,8,14H,5,7,9-11H2,1-2H3. The molecule has 1 aromatic carbocycles. The van der Waals surface area contributed by atoms with Crippen molar-refractivity contribution in [2.45, 2.75) is 38.8 Å². The second-order valence-electron chi connectivity index (χ2n) is 4.98. The average molecular weight is 247 g/mol. The summed E-state index contributed by atoms with van der Waals surface area (Å²) in [4.78, 5) is 13.7. The van der Waals surface area contributed by atoms with E-state index in [2.05, 4.69) is 11.0 Å². The van der Waals surface area contributed by atoms with E-state index in [4.69, 9.17) is 4.74 Å². The number of carbonyl (C=O) groups excluding carboxylic acids is 1. The highest BCUT2D eigenvalue weighted by molar-refractivity contribution is 5.76. The van der Waals surface area contributed by atoms with Gasteiger partial charge in [0, 0.05) is 24.6 Å². The molecule has 1 unspecified atom stereocenters. The summed E-state index contributed by atoms with van der Waals surface area (Å²) in [6.07, 6.45) is 3.00. The highest BCUT2D eigenvalue weighted by Gasteiger charge is 2.26. The molecule has 0 saturated carbocycles. The number of likely N-dealkylation sites (tertiary alicyclic amines) is 1. The molecule has 3 nitrogen and oxygen atoms in total. The number of carbonyl (C=O) groups is 1. The van der Waals surface area contributed by atoms with Crippen LogP contribution in [0.3, 0.4) is 0 Å². The molecule has 1 aliphatic rings. The van der Waals surface area contributed by atoms with Crippen LogP contribution in [0.5, 0.6) is 5.75 Å². The minimum atomic E-state index is 0.284. The lowest BCUT2D eigenvalue weighted by atomic mass is 10.1. The fourth-order valence-electron chi connectivity index (χ4n) is 2.72. The average Bonchev–Trinajstić information content (AvgIpc) is 2.76. The lowest BCUT2D eigenvalue weighted by Crippen LogP contribution is -2.30. The van der Waals surface area contributed by atoms with Crippen LogP contribution in [0.1, 0.15) is 31.7 Å². The first-order valence-electron chi connectivity index (χ1n) is 6.56. The van der Waals surface area contributed by atoms with Crippen LogP contribution >= 0.6 is 0 Å². The quantitative estimate of drug-likeness (QED) is 0.801. The summed E-state index contributed by atoms with van der Waals surface area (Å²) >= 11 is 0. The Hall–Kier alpha value is -1.35. The van der Waals surface area contributed by atoms with Crippen molar-refractivity contribution >= 4 is 5.78 Å².